The fraction of sp³-hybridized carbons (Fsp3) is 0. The molecule has 0 spiro atoms. The van der Waals surface area contributed by atoms with Gasteiger partial charge < -0.3 is 13.6 Å². The van der Waals surface area contributed by atoms with Crippen LogP contribution in [0.4, 0.5) is 0 Å². The first-order valence-electron chi connectivity index (χ1n) is 45.7. The van der Waals surface area contributed by atoms with Gasteiger partial charge in [-0.2, -0.15) is 15.8 Å². The highest BCUT2D eigenvalue weighted by Gasteiger charge is 2.25. The molecule has 638 valence electrons. The molecule has 0 unspecified atom stereocenters. The lowest BCUT2D eigenvalue weighted by molar-refractivity contribution is 0.670. The Morgan fingerprint density at radius 3 is 1.23 bits per heavy atom. The fourth-order valence-corrected chi connectivity index (χ4v) is 23.1. The lowest BCUT2D eigenvalue weighted by Gasteiger charge is -2.10. The fourth-order valence-electron chi connectivity index (χ4n) is 21.0. The van der Waals surface area contributed by atoms with Crippen molar-refractivity contribution in [2.24, 2.45) is 0 Å². The van der Waals surface area contributed by atoms with E-state index in [0.29, 0.717) is 28.6 Å². The highest BCUT2D eigenvalue weighted by Crippen LogP contribution is 2.48. The van der Waals surface area contributed by atoms with E-state index in [1.807, 2.05) is 138 Å². The zero-order chi connectivity index (χ0) is 91.3. The topological polar surface area (TPSA) is 164 Å². The summed E-state index contributed by atoms with van der Waals surface area (Å²) in [5, 5.41) is 54.1. The van der Waals surface area contributed by atoms with Gasteiger partial charge in [0, 0.05) is 128 Å². The first-order valence-corrected chi connectivity index (χ1v) is 47.4. The van der Waals surface area contributed by atoms with Gasteiger partial charge in [-0.3, -0.25) is 4.57 Å². The number of thiophene rings is 2. The molecule has 29 aromatic rings. The van der Waals surface area contributed by atoms with Crippen LogP contribution in [0.1, 0.15) is 17.0 Å². The van der Waals surface area contributed by atoms with Gasteiger partial charge in [0.05, 0.1) is 61.3 Å². The number of rotatable bonds is 8. The van der Waals surface area contributed by atoms with E-state index in [0.717, 1.165) is 127 Å². The summed E-state index contributed by atoms with van der Waals surface area (Å²) in [7, 11) is 0. The summed E-state index contributed by atoms with van der Waals surface area (Å²) in [6, 6.07) is 153. The molecule has 0 amide bonds. The normalized spacial score (nSPS) is 11.7. The zero-order valence-electron chi connectivity index (χ0n) is 73.5. The number of hydrogen-bond donors (Lipinski definition) is 0. The van der Waals surface area contributed by atoms with E-state index in [2.05, 4.69) is 345 Å². The molecule has 12 nitrogen and oxygen atoms in total. The van der Waals surface area contributed by atoms with E-state index in [4.69, 9.17) is 19.4 Å². The van der Waals surface area contributed by atoms with Crippen molar-refractivity contribution in [1.82, 2.24) is 38.6 Å². The van der Waals surface area contributed by atoms with Crippen molar-refractivity contribution in [1.29, 1.82) is 15.8 Å². The van der Waals surface area contributed by atoms with Crippen LogP contribution in [0.15, 0.2) is 423 Å². The van der Waals surface area contributed by atoms with Crippen molar-refractivity contribution in [2.45, 2.75) is 0 Å². The molecule has 0 aliphatic carbocycles. The van der Waals surface area contributed by atoms with Gasteiger partial charge >= 0.3 is 0 Å². The molecule has 0 radical (unpaired) electrons. The lowest BCUT2D eigenvalue weighted by atomic mass is 9.98. The maximum Gasteiger partial charge on any atom is 0.161 e. The number of nitrogens with zero attached hydrogens (tertiary/aromatic N) is 11. The molecule has 29 rings (SSSR count). The highest BCUT2D eigenvalue weighted by atomic mass is 32.1. The second kappa shape index (κ2) is 31.8. The van der Waals surface area contributed by atoms with Crippen molar-refractivity contribution in [2.75, 3.05) is 0 Å². The van der Waals surface area contributed by atoms with Crippen molar-refractivity contribution in [3.05, 3.63) is 436 Å². The third-order valence-electron chi connectivity index (χ3n) is 27.3. The molecule has 9 aromatic heterocycles. The van der Waals surface area contributed by atoms with Crippen LogP contribution >= 0.6 is 22.7 Å². The van der Waals surface area contributed by atoms with Crippen LogP contribution in [0, 0.1) is 34.0 Å². The third kappa shape index (κ3) is 12.8. The van der Waals surface area contributed by atoms with Crippen LogP contribution in [0.2, 0.25) is 0 Å². The number of benzene rings is 20. The molecule has 20 aromatic carbocycles. The van der Waals surface area contributed by atoms with E-state index >= 15 is 0 Å². The monoisotopic (exact) mass is 1790 g/mol. The van der Waals surface area contributed by atoms with Crippen LogP contribution in [0.3, 0.4) is 0 Å². The van der Waals surface area contributed by atoms with Gasteiger partial charge in [-0.25, -0.2) is 24.9 Å². The van der Waals surface area contributed by atoms with Crippen LogP contribution in [0.25, 0.3) is 266 Å². The van der Waals surface area contributed by atoms with Gasteiger partial charge in [-0.1, -0.05) is 237 Å². The predicted octanol–water partition coefficient (Wildman–Crippen LogP) is 32.8. The van der Waals surface area contributed by atoms with E-state index in [9.17, 15) is 15.8 Å². The van der Waals surface area contributed by atoms with E-state index in [1.54, 1.807) is 0 Å². The molecular weight excluding hydrogens is 1720 g/mol. The maximum absolute atomic E-state index is 10.1. The molecule has 138 heavy (non-hydrogen) atoms. The Balaban J connectivity index is 0.000000105. The van der Waals surface area contributed by atoms with Gasteiger partial charge in [-0.15, -0.1) is 22.7 Å². The van der Waals surface area contributed by atoms with Gasteiger partial charge in [0.1, 0.15) is 29.1 Å². The standard InChI is InChI=1S/C43H24N4S.C42H23N3S.C39H22N4O/c44-25-37-33-10-3-5-11-36(33)45-43(46-37)27-13-18-30(19-14-27)47-38-20-16-28(24-35(38)42-31-8-2-1-7-26(31)15-21-39(42)47)29-17-22-41-34(23-29)32-9-4-6-12-40(32)48-41;43-24-29-23-40(44-35-12-6-5-9-30(29)35)45-36-17-14-27(21-33(36)41-31-10-3-1-7-25(31)13-18-37(41)45)28-16-19-38-34(22-28)42-32-11-4-2-8-26(32)15-20-39(42)46-38;40-23-34-31-10-1-4-13-33(31)41-39(42-34)24-16-19-26(20-17-24)43-35-14-5-2-8-28(35)32-22-25(18-21-36(32)43)27-11-7-12-30-29-9-3-6-15-37(29)44-38(27)30/h1-24H;1-23H;1-22H. The van der Waals surface area contributed by atoms with Crippen LogP contribution in [-0.4, -0.2) is 38.6 Å². The summed E-state index contributed by atoms with van der Waals surface area (Å²) >= 11 is 3.71. The SMILES string of the molecule is N#Cc1cc(-n2c3ccc(-c4ccc5sc6ccc7ccccc7c6c5c4)cc3c3c4ccccc4ccc32)nc2ccccc12.N#Cc1nc(-c2ccc(-n3c4ccc(-c5ccc6sc7ccccc7c6c5)cc4c4c5ccccc5ccc43)cc2)nc2ccccc12.N#Cc1nc(-c2ccc(-n3c4ccccc4c4cc(-c5cccc6c5oc5ccccc56)ccc43)cc2)nc2ccccc12. The molecule has 0 saturated heterocycles. The van der Waals surface area contributed by atoms with Gasteiger partial charge in [0.15, 0.2) is 23.0 Å². The summed E-state index contributed by atoms with van der Waals surface area (Å²) in [6.45, 7) is 0. The summed E-state index contributed by atoms with van der Waals surface area (Å²) in [5.74, 6) is 1.83. The lowest BCUT2D eigenvalue weighted by Crippen LogP contribution is -1.99. The molecule has 0 aliphatic heterocycles. The van der Waals surface area contributed by atoms with Gasteiger partial charge in [0.2, 0.25) is 0 Å². The molecule has 0 atom stereocenters. The molecule has 0 bridgehead atoms. The zero-order valence-corrected chi connectivity index (χ0v) is 75.1. The Morgan fingerprint density at radius 1 is 0.232 bits per heavy atom. The Hall–Kier alpha value is -18.6. The van der Waals surface area contributed by atoms with E-state index < -0.39 is 0 Å². The summed E-state index contributed by atoms with van der Waals surface area (Å²) in [5.41, 5.74) is 23.0. The molecular formula is C124H69N11OS2. The van der Waals surface area contributed by atoms with Gasteiger partial charge in [0.25, 0.3) is 0 Å². The first kappa shape index (κ1) is 79.2. The molecule has 0 N–H and O–H groups in total. The van der Waals surface area contributed by atoms with Crippen LogP contribution < -0.4 is 0 Å². The molecule has 0 fully saturated rings. The first-order chi connectivity index (χ1) is 68.2. The quantitative estimate of drug-likeness (QED) is 0.144. The molecule has 0 saturated carbocycles. The van der Waals surface area contributed by atoms with E-state index in [1.165, 1.54) is 127 Å². The average molecular weight is 1790 g/mol. The highest BCUT2D eigenvalue weighted by molar-refractivity contribution is 7.26. The van der Waals surface area contributed by atoms with Crippen molar-refractivity contribution < 1.29 is 4.42 Å². The predicted molar refractivity (Wildman–Crippen MR) is 571 cm³/mol. The average Bonchev–Trinajstić information content (AvgIpc) is 1.57. The molecule has 14 heteroatoms. The Kier molecular flexibility index (Phi) is 18.3. The van der Waals surface area contributed by atoms with Gasteiger partial charge in [-0.05, 0) is 242 Å². The van der Waals surface area contributed by atoms with Crippen molar-refractivity contribution in [3.8, 4) is 91.6 Å². The Labute approximate surface area is 795 Å². The number of para-hydroxylation sites is 6. The number of nitriles is 3. The minimum Gasteiger partial charge on any atom is -0.455 e. The Morgan fingerprint density at radius 2 is 0.630 bits per heavy atom. The summed E-state index contributed by atoms with van der Waals surface area (Å²) < 4.78 is 18.5. The number of hydrogen-bond acceptors (Lipinski definition) is 11. The minimum absolute atomic E-state index is 0.381. The minimum atomic E-state index is 0.381. The Bertz CT molecular complexity index is 10400. The number of aromatic nitrogens is 8. The van der Waals surface area contributed by atoms with Crippen molar-refractivity contribution in [3.63, 3.8) is 0 Å². The third-order valence-corrected chi connectivity index (χ3v) is 29.6. The smallest absolute Gasteiger partial charge is 0.161 e. The van der Waals surface area contributed by atoms with Crippen LogP contribution in [-0.2, 0) is 0 Å². The molecule has 9 heterocycles. The molecule has 0 aliphatic rings. The summed E-state index contributed by atoms with van der Waals surface area (Å²) in [4.78, 5) is 23.8. The maximum atomic E-state index is 10.1. The number of furan rings is 1. The summed E-state index contributed by atoms with van der Waals surface area (Å²) in [6.07, 6.45) is 0. The van der Waals surface area contributed by atoms with E-state index in [-0.39, 0.29) is 0 Å². The second-order valence-corrected chi connectivity index (χ2v) is 37.1. The second-order valence-electron chi connectivity index (χ2n) is 34.9. The van der Waals surface area contributed by atoms with Crippen molar-refractivity contribution >= 4 is 215 Å². The largest absolute Gasteiger partial charge is 0.455 e. The van der Waals surface area contributed by atoms with Crippen LogP contribution in [0.5, 0.6) is 0 Å². The number of pyridine rings is 1. The number of fused-ring (bicyclic) bond motifs is 27.